The SMILES string of the molecule is ICC1CC2(CCCCC2)CN1. The van der Waals surface area contributed by atoms with Gasteiger partial charge in [-0.2, -0.15) is 0 Å². The van der Waals surface area contributed by atoms with Crippen molar-refractivity contribution in [2.45, 2.75) is 44.6 Å². The van der Waals surface area contributed by atoms with E-state index in [0.29, 0.717) is 0 Å². The Kier molecular flexibility index (Phi) is 2.95. The van der Waals surface area contributed by atoms with E-state index in [4.69, 9.17) is 0 Å². The van der Waals surface area contributed by atoms with Crippen molar-refractivity contribution in [2.75, 3.05) is 11.0 Å². The predicted octanol–water partition coefficient (Wildman–Crippen LogP) is 2.73. The number of hydrogen-bond donors (Lipinski definition) is 1. The van der Waals surface area contributed by atoms with Gasteiger partial charge in [0.15, 0.2) is 0 Å². The molecule has 1 saturated heterocycles. The van der Waals surface area contributed by atoms with E-state index in [2.05, 4.69) is 27.9 Å². The lowest BCUT2D eigenvalue weighted by molar-refractivity contribution is 0.213. The van der Waals surface area contributed by atoms with Gasteiger partial charge in [-0.3, -0.25) is 0 Å². The van der Waals surface area contributed by atoms with Crippen LogP contribution in [0.5, 0.6) is 0 Å². The third-order valence-electron chi connectivity index (χ3n) is 3.55. The van der Waals surface area contributed by atoms with Crippen molar-refractivity contribution in [1.82, 2.24) is 5.32 Å². The number of halogens is 1. The summed E-state index contributed by atoms with van der Waals surface area (Å²) in [5, 5.41) is 3.66. The van der Waals surface area contributed by atoms with Gasteiger partial charge >= 0.3 is 0 Å². The van der Waals surface area contributed by atoms with Crippen LogP contribution in [0.3, 0.4) is 0 Å². The lowest BCUT2D eigenvalue weighted by atomic mass is 9.73. The Morgan fingerprint density at radius 3 is 2.58 bits per heavy atom. The maximum atomic E-state index is 3.66. The standard InChI is InChI=1S/C10H18IN/c11-7-9-6-10(8-12-9)4-2-1-3-5-10/h9,12H,1-8H2. The monoisotopic (exact) mass is 279 g/mol. The molecular weight excluding hydrogens is 261 g/mol. The van der Waals surface area contributed by atoms with E-state index < -0.39 is 0 Å². The second-order valence-electron chi connectivity index (χ2n) is 4.50. The minimum atomic E-state index is 0.730. The molecular formula is C10H18IN. The summed E-state index contributed by atoms with van der Waals surface area (Å²) in [6, 6.07) is 0.823. The molecule has 2 heteroatoms. The summed E-state index contributed by atoms with van der Waals surface area (Å²) in [5.41, 5.74) is 0.730. The van der Waals surface area contributed by atoms with Crippen LogP contribution in [0, 0.1) is 5.41 Å². The Hall–Kier alpha value is 0.690. The second kappa shape index (κ2) is 3.82. The van der Waals surface area contributed by atoms with Gasteiger partial charge in [-0.1, -0.05) is 41.9 Å². The quantitative estimate of drug-likeness (QED) is 0.575. The molecule has 0 amide bonds. The van der Waals surface area contributed by atoms with Crippen LogP contribution < -0.4 is 5.32 Å². The smallest absolute Gasteiger partial charge is 0.0163 e. The fourth-order valence-corrected chi connectivity index (χ4v) is 3.44. The van der Waals surface area contributed by atoms with E-state index in [1.54, 1.807) is 0 Å². The Morgan fingerprint density at radius 2 is 2.00 bits per heavy atom. The van der Waals surface area contributed by atoms with E-state index in [1.807, 2.05) is 0 Å². The highest BCUT2D eigenvalue weighted by Gasteiger charge is 2.38. The molecule has 1 aliphatic carbocycles. The molecule has 70 valence electrons. The first-order valence-electron chi connectivity index (χ1n) is 5.14. The summed E-state index contributed by atoms with van der Waals surface area (Å²) >= 11 is 2.51. The maximum Gasteiger partial charge on any atom is 0.0163 e. The third-order valence-corrected chi connectivity index (χ3v) is 4.61. The van der Waals surface area contributed by atoms with Crippen molar-refractivity contribution >= 4 is 22.6 Å². The fourth-order valence-electron chi connectivity index (χ4n) is 2.82. The van der Waals surface area contributed by atoms with Crippen molar-refractivity contribution in [3.05, 3.63) is 0 Å². The molecule has 1 unspecified atom stereocenters. The molecule has 1 atom stereocenters. The number of hydrogen-bond acceptors (Lipinski definition) is 1. The molecule has 1 N–H and O–H groups in total. The van der Waals surface area contributed by atoms with E-state index >= 15 is 0 Å². The molecule has 1 saturated carbocycles. The van der Waals surface area contributed by atoms with E-state index in [1.165, 1.54) is 49.5 Å². The van der Waals surface area contributed by atoms with Gasteiger partial charge in [-0.05, 0) is 24.7 Å². The first-order valence-corrected chi connectivity index (χ1v) is 6.67. The summed E-state index contributed by atoms with van der Waals surface area (Å²) in [7, 11) is 0. The highest BCUT2D eigenvalue weighted by Crippen LogP contribution is 2.42. The predicted molar refractivity (Wildman–Crippen MR) is 60.8 cm³/mol. The third kappa shape index (κ3) is 1.79. The van der Waals surface area contributed by atoms with Gasteiger partial charge in [0.25, 0.3) is 0 Å². The van der Waals surface area contributed by atoms with Crippen LogP contribution in [0.4, 0.5) is 0 Å². The zero-order chi connectivity index (χ0) is 8.44. The molecule has 1 spiro atoms. The van der Waals surface area contributed by atoms with E-state index in [9.17, 15) is 0 Å². The van der Waals surface area contributed by atoms with Gasteiger partial charge in [-0.15, -0.1) is 0 Å². The molecule has 0 radical (unpaired) electrons. The van der Waals surface area contributed by atoms with Crippen LogP contribution in [0.1, 0.15) is 38.5 Å². The molecule has 2 rings (SSSR count). The van der Waals surface area contributed by atoms with Crippen LogP contribution in [-0.4, -0.2) is 17.0 Å². The Balaban J connectivity index is 1.94. The molecule has 0 aromatic rings. The molecule has 2 fully saturated rings. The lowest BCUT2D eigenvalue weighted by Gasteiger charge is -2.32. The highest BCUT2D eigenvalue weighted by molar-refractivity contribution is 14.1. The van der Waals surface area contributed by atoms with Gasteiger partial charge in [0.05, 0.1) is 0 Å². The van der Waals surface area contributed by atoms with Gasteiger partial charge in [-0.25, -0.2) is 0 Å². The summed E-state index contributed by atoms with van der Waals surface area (Å²) in [5.74, 6) is 0. The molecule has 2 aliphatic rings. The Bertz CT molecular complexity index is 152. The molecule has 0 bridgehead atoms. The van der Waals surface area contributed by atoms with Crippen molar-refractivity contribution in [3.63, 3.8) is 0 Å². The van der Waals surface area contributed by atoms with Gasteiger partial charge in [0, 0.05) is 17.0 Å². The van der Waals surface area contributed by atoms with Crippen LogP contribution in [-0.2, 0) is 0 Å². The minimum Gasteiger partial charge on any atom is -0.313 e. The molecule has 12 heavy (non-hydrogen) atoms. The van der Waals surface area contributed by atoms with Crippen molar-refractivity contribution in [2.24, 2.45) is 5.41 Å². The lowest BCUT2D eigenvalue weighted by Crippen LogP contribution is -2.26. The van der Waals surface area contributed by atoms with Crippen LogP contribution in [0.25, 0.3) is 0 Å². The van der Waals surface area contributed by atoms with Crippen LogP contribution in [0.15, 0.2) is 0 Å². The van der Waals surface area contributed by atoms with Crippen LogP contribution >= 0.6 is 22.6 Å². The zero-order valence-corrected chi connectivity index (χ0v) is 9.77. The van der Waals surface area contributed by atoms with Crippen molar-refractivity contribution in [3.8, 4) is 0 Å². The molecule has 1 nitrogen and oxygen atoms in total. The Labute approximate surface area is 88.8 Å². The van der Waals surface area contributed by atoms with Gasteiger partial charge < -0.3 is 5.32 Å². The summed E-state index contributed by atoms with van der Waals surface area (Å²) < 4.78 is 1.29. The van der Waals surface area contributed by atoms with Gasteiger partial charge in [0.2, 0.25) is 0 Å². The number of alkyl halides is 1. The van der Waals surface area contributed by atoms with E-state index in [-0.39, 0.29) is 0 Å². The fraction of sp³-hybridized carbons (Fsp3) is 1.00. The highest BCUT2D eigenvalue weighted by atomic mass is 127. The largest absolute Gasteiger partial charge is 0.313 e. The minimum absolute atomic E-state index is 0.730. The maximum absolute atomic E-state index is 3.66. The molecule has 1 aliphatic heterocycles. The summed E-state index contributed by atoms with van der Waals surface area (Å²) in [4.78, 5) is 0. The van der Waals surface area contributed by atoms with Crippen LogP contribution in [0.2, 0.25) is 0 Å². The number of nitrogens with one attached hydrogen (secondary N) is 1. The van der Waals surface area contributed by atoms with Gasteiger partial charge in [0.1, 0.15) is 0 Å². The first kappa shape index (κ1) is 9.25. The topological polar surface area (TPSA) is 12.0 Å². The van der Waals surface area contributed by atoms with Crippen molar-refractivity contribution in [1.29, 1.82) is 0 Å². The second-order valence-corrected chi connectivity index (χ2v) is 5.38. The molecule has 0 aromatic heterocycles. The van der Waals surface area contributed by atoms with E-state index in [0.717, 1.165) is 11.5 Å². The molecule has 1 heterocycles. The number of rotatable bonds is 1. The zero-order valence-electron chi connectivity index (χ0n) is 7.61. The molecule has 0 aromatic carbocycles. The first-order chi connectivity index (χ1) is 5.85. The summed E-state index contributed by atoms with van der Waals surface area (Å²) in [6.07, 6.45) is 8.89. The van der Waals surface area contributed by atoms with Crippen molar-refractivity contribution < 1.29 is 0 Å². The average Bonchev–Trinajstić information content (AvgIpc) is 2.50. The average molecular weight is 279 g/mol. The Morgan fingerprint density at radius 1 is 1.25 bits per heavy atom. The summed E-state index contributed by atoms with van der Waals surface area (Å²) in [6.45, 7) is 1.31. The normalized spacial score (nSPS) is 34.2.